The predicted octanol–water partition coefficient (Wildman–Crippen LogP) is 2.22. The van der Waals surface area contributed by atoms with E-state index in [0.29, 0.717) is 11.1 Å². The molecule has 1 unspecified atom stereocenters. The van der Waals surface area contributed by atoms with Crippen molar-refractivity contribution in [1.82, 2.24) is 9.97 Å². The lowest BCUT2D eigenvalue weighted by molar-refractivity contribution is 0.870. The van der Waals surface area contributed by atoms with Crippen LogP contribution in [0, 0.1) is 0 Å². The fraction of sp³-hybridized carbons (Fsp3) is 0.600. The number of aromatic nitrogens is 2. The quantitative estimate of drug-likeness (QED) is 0.349. The molecule has 0 aliphatic carbocycles. The zero-order valence-corrected chi connectivity index (χ0v) is 10.3. The topological polar surface area (TPSA) is 63.8 Å². The number of nitrogen functional groups attached to an aromatic ring is 1. The summed E-state index contributed by atoms with van der Waals surface area (Å²) in [5.41, 5.74) is 2.57. The molecule has 0 bridgehead atoms. The molecular formula is C10H18N4S. The van der Waals surface area contributed by atoms with Crippen molar-refractivity contribution in [3.05, 3.63) is 11.9 Å². The van der Waals surface area contributed by atoms with Crippen molar-refractivity contribution >= 4 is 17.6 Å². The lowest BCUT2D eigenvalue weighted by Gasteiger charge is -2.09. The van der Waals surface area contributed by atoms with E-state index in [4.69, 9.17) is 5.84 Å². The van der Waals surface area contributed by atoms with Gasteiger partial charge in [0.25, 0.3) is 0 Å². The summed E-state index contributed by atoms with van der Waals surface area (Å²) in [6.45, 7) is 6.39. The van der Waals surface area contributed by atoms with Crippen LogP contribution in [-0.2, 0) is 6.42 Å². The number of anilines is 1. The Morgan fingerprint density at radius 2 is 2.20 bits per heavy atom. The minimum Gasteiger partial charge on any atom is -0.308 e. The summed E-state index contributed by atoms with van der Waals surface area (Å²) in [4.78, 5) is 8.69. The number of nitrogens with one attached hydrogen (secondary N) is 1. The first-order valence-electron chi connectivity index (χ1n) is 5.20. The van der Waals surface area contributed by atoms with Crippen LogP contribution in [0.1, 0.15) is 33.0 Å². The Morgan fingerprint density at radius 1 is 1.47 bits per heavy atom. The lowest BCUT2D eigenvalue weighted by atomic mass is 10.4. The van der Waals surface area contributed by atoms with Gasteiger partial charge in [-0.1, -0.05) is 20.8 Å². The summed E-state index contributed by atoms with van der Waals surface area (Å²) in [6.07, 6.45) is 1.95. The summed E-state index contributed by atoms with van der Waals surface area (Å²) in [7, 11) is 0. The number of hydrogen-bond donors (Lipinski definition) is 2. The van der Waals surface area contributed by atoms with Gasteiger partial charge in [-0.25, -0.2) is 15.8 Å². The van der Waals surface area contributed by atoms with E-state index < -0.39 is 0 Å². The molecule has 0 spiro atoms. The van der Waals surface area contributed by atoms with Gasteiger partial charge < -0.3 is 5.43 Å². The highest BCUT2D eigenvalue weighted by Gasteiger charge is 2.06. The zero-order valence-electron chi connectivity index (χ0n) is 9.45. The van der Waals surface area contributed by atoms with Gasteiger partial charge in [-0.3, -0.25) is 0 Å². The second-order valence-corrected chi connectivity index (χ2v) is 4.80. The number of rotatable bonds is 5. The van der Waals surface area contributed by atoms with Crippen LogP contribution in [0.3, 0.4) is 0 Å². The molecular weight excluding hydrogens is 208 g/mol. The van der Waals surface area contributed by atoms with Crippen LogP contribution in [0.15, 0.2) is 11.1 Å². The van der Waals surface area contributed by atoms with Crippen molar-refractivity contribution in [3.63, 3.8) is 0 Å². The molecule has 84 valence electrons. The first-order chi connectivity index (χ1) is 7.19. The summed E-state index contributed by atoms with van der Waals surface area (Å²) < 4.78 is 0. The van der Waals surface area contributed by atoms with Crippen molar-refractivity contribution < 1.29 is 0 Å². The van der Waals surface area contributed by atoms with E-state index in [1.54, 1.807) is 11.8 Å². The molecule has 15 heavy (non-hydrogen) atoms. The summed E-state index contributed by atoms with van der Waals surface area (Å²) >= 11 is 1.76. The van der Waals surface area contributed by atoms with Crippen LogP contribution < -0.4 is 11.3 Å². The maximum Gasteiger partial charge on any atom is 0.144 e. The highest BCUT2D eigenvalue weighted by molar-refractivity contribution is 7.99. The van der Waals surface area contributed by atoms with E-state index in [0.717, 1.165) is 23.7 Å². The summed E-state index contributed by atoms with van der Waals surface area (Å²) in [5.74, 6) is 6.87. The Hall–Kier alpha value is -0.810. The van der Waals surface area contributed by atoms with Crippen LogP contribution in [0.4, 0.5) is 5.82 Å². The van der Waals surface area contributed by atoms with E-state index in [2.05, 4.69) is 29.2 Å². The second kappa shape index (κ2) is 5.92. The van der Waals surface area contributed by atoms with Crippen LogP contribution in [0.2, 0.25) is 0 Å². The van der Waals surface area contributed by atoms with Crippen molar-refractivity contribution in [2.24, 2.45) is 5.84 Å². The number of thioether (sulfide) groups is 1. The van der Waals surface area contributed by atoms with Crippen LogP contribution in [0.5, 0.6) is 0 Å². The van der Waals surface area contributed by atoms with Crippen molar-refractivity contribution in [1.29, 1.82) is 0 Å². The average Bonchev–Trinajstić information content (AvgIpc) is 2.28. The maximum absolute atomic E-state index is 5.36. The first-order valence-corrected chi connectivity index (χ1v) is 6.08. The van der Waals surface area contributed by atoms with Crippen molar-refractivity contribution in [2.45, 2.75) is 43.9 Å². The fourth-order valence-corrected chi connectivity index (χ4v) is 1.97. The largest absolute Gasteiger partial charge is 0.308 e. The van der Waals surface area contributed by atoms with Crippen molar-refractivity contribution in [3.8, 4) is 0 Å². The van der Waals surface area contributed by atoms with Gasteiger partial charge in [0.05, 0.1) is 0 Å². The molecule has 0 aliphatic heterocycles. The molecule has 1 aromatic heterocycles. The molecule has 0 amide bonds. The fourth-order valence-electron chi connectivity index (χ4n) is 1.05. The Balaban J connectivity index is 2.86. The number of aryl methyl sites for hydroxylation is 1. The van der Waals surface area contributed by atoms with Gasteiger partial charge in [0.2, 0.25) is 0 Å². The molecule has 0 aliphatic rings. The van der Waals surface area contributed by atoms with Crippen LogP contribution in [-0.4, -0.2) is 15.2 Å². The van der Waals surface area contributed by atoms with Gasteiger partial charge in [-0.05, 0) is 6.42 Å². The maximum atomic E-state index is 5.36. The third-order valence-electron chi connectivity index (χ3n) is 2.11. The highest BCUT2D eigenvalue weighted by Crippen LogP contribution is 2.24. The smallest absolute Gasteiger partial charge is 0.144 e. The summed E-state index contributed by atoms with van der Waals surface area (Å²) in [6, 6.07) is 1.88. The normalized spacial score (nSPS) is 12.5. The number of hydrogen-bond acceptors (Lipinski definition) is 5. The zero-order chi connectivity index (χ0) is 11.3. The monoisotopic (exact) mass is 226 g/mol. The Morgan fingerprint density at radius 3 is 2.73 bits per heavy atom. The standard InChI is InChI=1S/C10H18N4S/c1-4-7(3)15-10-6-9(14-11)12-8(5-2)13-10/h6-7H,4-5,11H2,1-3H3,(H,12,13,14). The third kappa shape index (κ3) is 3.68. The van der Waals surface area contributed by atoms with Gasteiger partial charge >= 0.3 is 0 Å². The van der Waals surface area contributed by atoms with Gasteiger partial charge in [-0.15, -0.1) is 11.8 Å². The molecule has 1 heterocycles. The van der Waals surface area contributed by atoms with E-state index in [-0.39, 0.29) is 0 Å². The van der Waals surface area contributed by atoms with E-state index in [9.17, 15) is 0 Å². The van der Waals surface area contributed by atoms with Gasteiger partial charge in [0.15, 0.2) is 0 Å². The molecule has 1 atom stereocenters. The van der Waals surface area contributed by atoms with E-state index >= 15 is 0 Å². The van der Waals surface area contributed by atoms with Gasteiger partial charge in [-0.2, -0.15) is 0 Å². The molecule has 0 aromatic carbocycles. The van der Waals surface area contributed by atoms with Crippen LogP contribution >= 0.6 is 11.8 Å². The molecule has 0 saturated carbocycles. The number of nitrogens with two attached hydrogens (primary N) is 1. The minimum atomic E-state index is 0.565. The molecule has 4 nitrogen and oxygen atoms in total. The van der Waals surface area contributed by atoms with E-state index in [1.165, 1.54) is 0 Å². The number of hydrazine groups is 1. The SMILES string of the molecule is CCc1nc(NN)cc(SC(C)CC)n1. The Labute approximate surface area is 95.0 Å². The molecule has 1 aromatic rings. The Bertz CT molecular complexity index is 294. The van der Waals surface area contributed by atoms with Gasteiger partial charge in [0.1, 0.15) is 16.7 Å². The molecule has 0 saturated heterocycles. The van der Waals surface area contributed by atoms with Crippen molar-refractivity contribution in [2.75, 3.05) is 5.43 Å². The van der Waals surface area contributed by atoms with Crippen LogP contribution in [0.25, 0.3) is 0 Å². The average molecular weight is 226 g/mol. The third-order valence-corrected chi connectivity index (χ3v) is 3.30. The minimum absolute atomic E-state index is 0.565. The second-order valence-electron chi connectivity index (χ2n) is 3.34. The molecule has 1 rings (SSSR count). The highest BCUT2D eigenvalue weighted by atomic mass is 32.2. The molecule has 0 fully saturated rings. The summed E-state index contributed by atoms with van der Waals surface area (Å²) in [5, 5.41) is 1.55. The molecule has 3 N–H and O–H groups in total. The lowest BCUT2D eigenvalue weighted by Crippen LogP contribution is -2.11. The predicted molar refractivity (Wildman–Crippen MR) is 64.8 cm³/mol. The van der Waals surface area contributed by atoms with Gasteiger partial charge in [0, 0.05) is 17.7 Å². The van der Waals surface area contributed by atoms with E-state index in [1.807, 2.05) is 13.0 Å². The number of nitrogens with zero attached hydrogens (tertiary/aromatic N) is 2. The molecule has 5 heteroatoms. The molecule has 0 radical (unpaired) electrons. The first kappa shape index (κ1) is 12.3. The Kier molecular flexibility index (Phi) is 4.84.